The Hall–Kier alpha value is -2.81. The lowest BCUT2D eigenvalue weighted by Gasteiger charge is -2.32. The highest BCUT2D eigenvalue weighted by atomic mass is 19.1. The third-order valence-corrected chi connectivity index (χ3v) is 7.08. The maximum atomic E-state index is 14.6. The van der Waals surface area contributed by atoms with Gasteiger partial charge in [-0.2, -0.15) is 14.8 Å². The molecule has 1 atom stereocenters. The average Bonchev–Trinajstić information content (AvgIpc) is 3.58. The van der Waals surface area contributed by atoms with Crippen LogP contribution in [0.1, 0.15) is 57.0 Å². The van der Waals surface area contributed by atoms with Crippen LogP contribution in [0.15, 0.2) is 22.7 Å². The summed E-state index contributed by atoms with van der Waals surface area (Å²) in [4.78, 5) is 21.0. The predicted octanol–water partition coefficient (Wildman–Crippen LogP) is 3.55. The molecule has 33 heavy (non-hydrogen) atoms. The van der Waals surface area contributed by atoms with E-state index < -0.39 is 0 Å². The molecule has 0 radical (unpaired) electrons. The Labute approximate surface area is 192 Å². The van der Waals surface area contributed by atoms with Crippen LogP contribution in [0.3, 0.4) is 0 Å². The van der Waals surface area contributed by atoms with Gasteiger partial charge < -0.3 is 14.3 Å². The van der Waals surface area contributed by atoms with Crippen LogP contribution in [0.4, 0.5) is 4.39 Å². The van der Waals surface area contributed by atoms with Crippen LogP contribution in [-0.4, -0.2) is 68.4 Å². The highest BCUT2D eigenvalue weighted by Gasteiger charge is 2.30. The summed E-state index contributed by atoms with van der Waals surface area (Å²) in [7, 11) is 0. The van der Waals surface area contributed by atoms with Gasteiger partial charge in [0, 0.05) is 37.4 Å². The number of hydrogen-bond acceptors (Lipinski definition) is 6. The molecule has 176 valence electrons. The zero-order chi connectivity index (χ0) is 22.9. The van der Waals surface area contributed by atoms with E-state index in [0.29, 0.717) is 30.2 Å². The van der Waals surface area contributed by atoms with Crippen LogP contribution in [-0.2, 0) is 11.2 Å². The molecule has 2 aliphatic heterocycles. The number of piperidine rings is 1. The second-order valence-corrected chi connectivity index (χ2v) is 9.20. The van der Waals surface area contributed by atoms with Gasteiger partial charge in [0.05, 0.1) is 5.69 Å². The number of carbonyl (C=O) groups excluding carboxylic acids is 1. The molecule has 1 aromatic carbocycles. The number of likely N-dealkylation sites (tertiary alicyclic amines) is 2. The fraction of sp³-hybridized carbons (Fsp3) is 0.583. The van der Waals surface area contributed by atoms with Crippen molar-refractivity contribution < 1.29 is 13.7 Å². The lowest BCUT2D eigenvalue weighted by molar-refractivity contribution is -0.129. The van der Waals surface area contributed by atoms with E-state index in [2.05, 4.69) is 20.1 Å². The summed E-state index contributed by atoms with van der Waals surface area (Å²) in [6, 6.07) is 5.00. The van der Waals surface area contributed by atoms with Gasteiger partial charge in [-0.3, -0.25) is 4.79 Å². The van der Waals surface area contributed by atoms with Crippen molar-refractivity contribution in [3.8, 4) is 5.95 Å². The maximum Gasteiger partial charge on any atom is 0.291 e. The molecular formula is C24H31FN6O2. The first kappa shape index (κ1) is 22.0. The third kappa shape index (κ3) is 4.26. The zero-order valence-electron chi connectivity index (χ0n) is 19.3. The van der Waals surface area contributed by atoms with Crippen LogP contribution >= 0.6 is 0 Å². The number of nitrogens with zero attached hydrogens (tertiary/aromatic N) is 6. The average molecular weight is 455 g/mol. The number of carbonyl (C=O) groups is 1. The lowest BCUT2D eigenvalue weighted by Crippen LogP contribution is -2.37. The first-order chi connectivity index (χ1) is 16.1. The van der Waals surface area contributed by atoms with E-state index in [1.54, 1.807) is 6.07 Å². The van der Waals surface area contributed by atoms with Gasteiger partial charge in [-0.05, 0) is 55.9 Å². The van der Waals surface area contributed by atoms with E-state index in [4.69, 9.17) is 4.52 Å². The number of para-hydroxylation sites is 1. The molecular weight excluding hydrogens is 423 g/mol. The molecule has 0 N–H and O–H groups in total. The molecule has 0 bridgehead atoms. The van der Waals surface area contributed by atoms with Crippen molar-refractivity contribution in [3.05, 3.63) is 35.6 Å². The summed E-state index contributed by atoms with van der Waals surface area (Å²) in [5.41, 5.74) is 1.21. The summed E-state index contributed by atoms with van der Waals surface area (Å²) in [5, 5.41) is 9.46. The Kier molecular flexibility index (Phi) is 6.14. The molecule has 8 nitrogen and oxygen atoms in total. The van der Waals surface area contributed by atoms with E-state index in [-0.39, 0.29) is 23.6 Å². The number of amides is 1. The van der Waals surface area contributed by atoms with Crippen molar-refractivity contribution in [3.63, 3.8) is 0 Å². The summed E-state index contributed by atoms with van der Waals surface area (Å²) in [6.45, 7) is 8.68. The molecule has 2 fully saturated rings. The standard InChI is InChI=1S/C24H31FN6O2/c1-3-20-18-6-5-7-19(25)22(18)31(27-20)24-26-23(33-28-24)17-9-11-29(12-10-17)14-16-8-13-30(15-16)21(32)4-2/h5-7,16-17H,3-4,8-15H2,1-2H3/t16-/m1/s1. The van der Waals surface area contributed by atoms with Gasteiger partial charge in [-0.15, -0.1) is 0 Å². The van der Waals surface area contributed by atoms with E-state index in [0.717, 1.165) is 63.1 Å². The molecule has 2 saturated heterocycles. The van der Waals surface area contributed by atoms with E-state index in [9.17, 15) is 9.18 Å². The number of benzene rings is 1. The van der Waals surface area contributed by atoms with Crippen molar-refractivity contribution in [2.75, 3.05) is 32.7 Å². The normalized spacial score (nSPS) is 20.2. The Morgan fingerprint density at radius 1 is 1.18 bits per heavy atom. The number of fused-ring (bicyclic) bond motifs is 1. The predicted molar refractivity (Wildman–Crippen MR) is 122 cm³/mol. The smallest absolute Gasteiger partial charge is 0.291 e. The quantitative estimate of drug-likeness (QED) is 0.567. The van der Waals surface area contributed by atoms with Crippen LogP contribution in [0.25, 0.3) is 16.9 Å². The highest BCUT2D eigenvalue weighted by Crippen LogP contribution is 2.30. The molecule has 4 heterocycles. The number of halogens is 1. The summed E-state index contributed by atoms with van der Waals surface area (Å²) in [6.07, 6.45) is 4.26. The SMILES string of the molecule is CCC(=O)N1CC[C@H](CN2CCC(c3nc(-n4nc(CC)c5cccc(F)c54)no3)CC2)C1. The molecule has 5 rings (SSSR count). The topological polar surface area (TPSA) is 80.3 Å². The van der Waals surface area contributed by atoms with Crippen molar-refractivity contribution in [1.82, 2.24) is 29.7 Å². The third-order valence-electron chi connectivity index (χ3n) is 7.08. The minimum atomic E-state index is -0.342. The van der Waals surface area contributed by atoms with Gasteiger partial charge in [0.1, 0.15) is 11.3 Å². The van der Waals surface area contributed by atoms with Crippen LogP contribution in [0, 0.1) is 11.7 Å². The molecule has 0 unspecified atom stereocenters. The zero-order valence-corrected chi connectivity index (χ0v) is 19.3. The van der Waals surface area contributed by atoms with Gasteiger partial charge in [-0.25, -0.2) is 4.39 Å². The molecule has 9 heteroatoms. The molecule has 0 saturated carbocycles. The second kappa shape index (κ2) is 9.21. The number of hydrogen-bond donors (Lipinski definition) is 0. The largest absolute Gasteiger partial charge is 0.342 e. The molecule has 2 aromatic heterocycles. The van der Waals surface area contributed by atoms with Gasteiger partial charge in [0.2, 0.25) is 11.8 Å². The molecule has 3 aromatic rings. The monoisotopic (exact) mass is 454 g/mol. The minimum absolute atomic E-state index is 0.196. The van der Waals surface area contributed by atoms with E-state index in [1.807, 2.05) is 24.8 Å². The van der Waals surface area contributed by atoms with Crippen molar-refractivity contribution in [2.45, 2.75) is 51.9 Å². The fourth-order valence-corrected chi connectivity index (χ4v) is 5.23. The fourth-order valence-electron chi connectivity index (χ4n) is 5.23. The van der Waals surface area contributed by atoms with E-state index >= 15 is 0 Å². The number of rotatable bonds is 6. The Morgan fingerprint density at radius 2 is 2.00 bits per heavy atom. The Balaban J connectivity index is 1.23. The summed E-state index contributed by atoms with van der Waals surface area (Å²) < 4.78 is 21.6. The lowest BCUT2D eigenvalue weighted by atomic mass is 9.95. The van der Waals surface area contributed by atoms with Gasteiger partial charge in [-0.1, -0.05) is 26.0 Å². The Bertz CT molecular complexity index is 1130. The maximum absolute atomic E-state index is 14.6. The molecule has 0 spiro atoms. The van der Waals surface area contributed by atoms with Gasteiger partial charge >= 0.3 is 0 Å². The van der Waals surface area contributed by atoms with Crippen LogP contribution < -0.4 is 0 Å². The first-order valence-corrected chi connectivity index (χ1v) is 12.1. The molecule has 1 amide bonds. The second-order valence-electron chi connectivity index (χ2n) is 9.20. The number of aromatic nitrogens is 4. The first-order valence-electron chi connectivity index (χ1n) is 12.1. The van der Waals surface area contributed by atoms with Crippen LogP contribution in [0.2, 0.25) is 0 Å². The van der Waals surface area contributed by atoms with Gasteiger partial charge in [0.15, 0.2) is 0 Å². The summed E-state index contributed by atoms with van der Waals surface area (Å²) in [5.74, 6) is 1.56. The van der Waals surface area contributed by atoms with E-state index in [1.165, 1.54) is 10.7 Å². The Morgan fingerprint density at radius 3 is 2.76 bits per heavy atom. The highest BCUT2D eigenvalue weighted by molar-refractivity contribution is 5.83. The molecule has 2 aliphatic rings. The minimum Gasteiger partial charge on any atom is -0.342 e. The molecule has 0 aliphatic carbocycles. The van der Waals surface area contributed by atoms with Crippen molar-refractivity contribution in [2.24, 2.45) is 5.92 Å². The number of aryl methyl sites for hydroxylation is 1. The van der Waals surface area contributed by atoms with Crippen molar-refractivity contribution >= 4 is 16.8 Å². The van der Waals surface area contributed by atoms with Gasteiger partial charge in [0.25, 0.3) is 5.95 Å². The summed E-state index contributed by atoms with van der Waals surface area (Å²) >= 11 is 0. The van der Waals surface area contributed by atoms with Crippen molar-refractivity contribution in [1.29, 1.82) is 0 Å². The van der Waals surface area contributed by atoms with Crippen LogP contribution in [0.5, 0.6) is 0 Å².